The Bertz CT molecular complexity index is 347. The number of nitrogens with one attached hydrogen (secondary N) is 2. The van der Waals surface area contributed by atoms with Gasteiger partial charge < -0.3 is 15.5 Å². The van der Waals surface area contributed by atoms with Crippen molar-refractivity contribution in [1.29, 1.82) is 0 Å². The summed E-state index contributed by atoms with van der Waals surface area (Å²) >= 11 is 0. The van der Waals surface area contributed by atoms with Gasteiger partial charge in [0.25, 0.3) is 0 Å². The largest absolute Gasteiger partial charge is 0.335 e. The highest BCUT2D eigenvalue weighted by atomic mass is 16.2. The second-order valence-corrected chi connectivity index (χ2v) is 6.79. The molecule has 2 aliphatic heterocycles. The van der Waals surface area contributed by atoms with Crippen LogP contribution in [-0.2, 0) is 0 Å². The van der Waals surface area contributed by atoms with Crippen LogP contribution in [0.5, 0.6) is 0 Å². The van der Waals surface area contributed by atoms with Gasteiger partial charge in [0, 0.05) is 50.3 Å². The summed E-state index contributed by atoms with van der Waals surface area (Å²) in [5.41, 5.74) is -0.0193. The number of hydrogen-bond donors (Lipinski definition) is 2. The number of carbonyl (C=O) groups excluding carboxylic acids is 1. The molecule has 1 aliphatic carbocycles. The number of amides is 2. The van der Waals surface area contributed by atoms with Crippen LogP contribution < -0.4 is 10.6 Å². The maximum absolute atomic E-state index is 12.3. The highest BCUT2D eigenvalue weighted by Gasteiger charge is 2.44. The van der Waals surface area contributed by atoms with E-state index in [9.17, 15) is 4.79 Å². The molecule has 2 saturated heterocycles. The Morgan fingerprint density at radius 3 is 2.58 bits per heavy atom. The first kappa shape index (κ1) is 13.2. The fourth-order valence-corrected chi connectivity index (χ4v) is 3.34. The minimum Gasteiger partial charge on any atom is -0.335 e. The Labute approximate surface area is 115 Å². The van der Waals surface area contributed by atoms with Crippen molar-refractivity contribution in [2.24, 2.45) is 0 Å². The van der Waals surface area contributed by atoms with Crippen molar-refractivity contribution in [3.05, 3.63) is 0 Å². The summed E-state index contributed by atoms with van der Waals surface area (Å²) in [7, 11) is 0. The fourth-order valence-electron chi connectivity index (χ4n) is 3.34. The highest BCUT2D eigenvalue weighted by Crippen LogP contribution is 2.32. The molecule has 2 N–H and O–H groups in total. The molecule has 3 fully saturated rings. The standard InChI is InChI=1S/C14H26N4O/c1-14(2)9-12(17-7-5-15-6-8-17)10-18(14)13(19)16-11-3-4-11/h11-12,15H,3-10H2,1-2H3,(H,16,19). The first-order chi connectivity index (χ1) is 9.06. The van der Waals surface area contributed by atoms with Crippen molar-refractivity contribution < 1.29 is 4.79 Å². The number of likely N-dealkylation sites (tertiary alicyclic amines) is 1. The zero-order chi connectivity index (χ0) is 13.5. The van der Waals surface area contributed by atoms with Gasteiger partial charge in [-0.3, -0.25) is 4.90 Å². The lowest BCUT2D eigenvalue weighted by molar-refractivity contribution is 0.160. The van der Waals surface area contributed by atoms with Crippen LogP contribution in [0.2, 0.25) is 0 Å². The lowest BCUT2D eigenvalue weighted by atomic mass is 9.99. The Morgan fingerprint density at radius 1 is 1.26 bits per heavy atom. The molecule has 19 heavy (non-hydrogen) atoms. The van der Waals surface area contributed by atoms with Gasteiger partial charge in [-0.05, 0) is 33.1 Å². The summed E-state index contributed by atoms with van der Waals surface area (Å²) in [6, 6.07) is 1.12. The topological polar surface area (TPSA) is 47.6 Å². The number of nitrogens with zero attached hydrogens (tertiary/aromatic N) is 2. The molecule has 0 bridgehead atoms. The summed E-state index contributed by atoms with van der Waals surface area (Å²) in [6.45, 7) is 9.64. The first-order valence-electron chi connectivity index (χ1n) is 7.59. The van der Waals surface area contributed by atoms with E-state index < -0.39 is 0 Å². The molecule has 0 aromatic carbocycles. The van der Waals surface area contributed by atoms with Crippen LogP contribution in [0.1, 0.15) is 33.1 Å². The van der Waals surface area contributed by atoms with Crippen LogP contribution in [-0.4, -0.2) is 66.2 Å². The van der Waals surface area contributed by atoms with E-state index in [4.69, 9.17) is 0 Å². The molecule has 0 radical (unpaired) electrons. The van der Waals surface area contributed by atoms with E-state index in [1.165, 1.54) is 0 Å². The van der Waals surface area contributed by atoms with Crippen molar-refractivity contribution in [2.45, 2.75) is 50.7 Å². The third kappa shape index (κ3) is 2.87. The van der Waals surface area contributed by atoms with Crippen LogP contribution in [0.15, 0.2) is 0 Å². The van der Waals surface area contributed by atoms with Crippen molar-refractivity contribution in [3.63, 3.8) is 0 Å². The van der Waals surface area contributed by atoms with Gasteiger partial charge in [0.1, 0.15) is 0 Å². The van der Waals surface area contributed by atoms with Gasteiger partial charge in [-0.1, -0.05) is 0 Å². The van der Waals surface area contributed by atoms with E-state index in [0.29, 0.717) is 12.1 Å². The molecule has 1 unspecified atom stereocenters. The zero-order valence-electron chi connectivity index (χ0n) is 12.1. The van der Waals surface area contributed by atoms with Gasteiger partial charge in [0.05, 0.1) is 0 Å². The molecule has 1 atom stereocenters. The monoisotopic (exact) mass is 266 g/mol. The number of carbonyl (C=O) groups is 1. The second-order valence-electron chi connectivity index (χ2n) is 6.79. The average molecular weight is 266 g/mol. The summed E-state index contributed by atoms with van der Waals surface area (Å²) in [5, 5.41) is 6.52. The zero-order valence-corrected chi connectivity index (χ0v) is 12.1. The average Bonchev–Trinajstić information content (AvgIpc) is 3.12. The van der Waals surface area contributed by atoms with Crippen molar-refractivity contribution in [3.8, 4) is 0 Å². The van der Waals surface area contributed by atoms with Crippen molar-refractivity contribution >= 4 is 6.03 Å². The van der Waals surface area contributed by atoms with Crippen molar-refractivity contribution in [1.82, 2.24) is 20.4 Å². The molecule has 2 amide bonds. The van der Waals surface area contributed by atoms with E-state index in [1.807, 2.05) is 0 Å². The Morgan fingerprint density at radius 2 is 1.95 bits per heavy atom. The van der Waals surface area contributed by atoms with E-state index in [-0.39, 0.29) is 11.6 Å². The molecule has 3 aliphatic rings. The fraction of sp³-hybridized carbons (Fsp3) is 0.929. The quantitative estimate of drug-likeness (QED) is 0.770. The molecular formula is C14H26N4O. The van der Waals surface area contributed by atoms with Gasteiger partial charge in [-0.2, -0.15) is 0 Å². The third-order valence-corrected chi connectivity index (χ3v) is 4.68. The molecule has 1 saturated carbocycles. The van der Waals surface area contributed by atoms with Gasteiger partial charge in [0.2, 0.25) is 0 Å². The molecular weight excluding hydrogens is 240 g/mol. The Hall–Kier alpha value is -0.810. The molecule has 5 heteroatoms. The number of piperazine rings is 1. The third-order valence-electron chi connectivity index (χ3n) is 4.68. The number of rotatable bonds is 2. The van der Waals surface area contributed by atoms with Gasteiger partial charge in [-0.25, -0.2) is 4.79 Å². The second kappa shape index (κ2) is 4.94. The van der Waals surface area contributed by atoms with E-state index in [2.05, 4.69) is 34.3 Å². The summed E-state index contributed by atoms with van der Waals surface area (Å²) in [5.74, 6) is 0. The van der Waals surface area contributed by atoms with E-state index in [0.717, 1.165) is 52.0 Å². The Balaban J connectivity index is 1.62. The van der Waals surface area contributed by atoms with Crippen LogP contribution in [0.25, 0.3) is 0 Å². The van der Waals surface area contributed by atoms with Crippen LogP contribution in [0, 0.1) is 0 Å². The normalized spacial score (nSPS) is 31.5. The number of hydrogen-bond acceptors (Lipinski definition) is 3. The van der Waals surface area contributed by atoms with Gasteiger partial charge in [-0.15, -0.1) is 0 Å². The smallest absolute Gasteiger partial charge is 0.318 e. The van der Waals surface area contributed by atoms with Gasteiger partial charge in [0.15, 0.2) is 0 Å². The summed E-state index contributed by atoms with van der Waals surface area (Å²) < 4.78 is 0. The first-order valence-corrected chi connectivity index (χ1v) is 7.59. The minimum atomic E-state index is -0.0193. The minimum absolute atomic E-state index is 0.0193. The predicted molar refractivity (Wildman–Crippen MR) is 75.2 cm³/mol. The van der Waals surface area contributed by atoms with E-state index >= 15 is 0 Å². The SMILES string of the molecule is CC1(C)CC(N2CCNCC2)CN1C(=O)NC1CC1. The maximum Gasteiger partial charge on any atom is 0.318 e. The molecule has 5 nitrogen and oxygen atoms in total. The molecule has 0 spiro atoms. The van der Waals surface area contributed by atoms with Crippen LogP contribution in [0.3, 0.4) is 0 Å². The molecule has 3 rings (SSSR count). The van der Waals surface area contributed by atoms with Gasteiger partial charge >= 0.3 is 6.03 Å². The van der Waals surface area contributed by atoms with Crippen molar-refractivity contribution in [2.75, 3.05) is 32.7 Å². The van der Waals surface area contributed by atoms with Crippen LogP contribution in [0.4, 0.5) is 4.79 Å². The molecule has 0 aromatic rings. The molecule has 2 heterocycles. The summed E-state index contributed by atoms with van der Waals surface area (Å²) in [6.07, 6.45) is 3.40. The molecule has 0 aromatic heterocycles. The van der Waals surface area contributed by atoms with E-state index in [1.54, 1.807) is 0 Å². The predicted octanol–water partition coefficient (Wildman–Crippen LogP) is 0.617. The molecule has 108 valence electrons. The lowest BCUT2D eigenvalue weighted by Crippen LogP contribution is -2.50. The summed E-state index contributed by atoms with van der Waals surface area (Å²) in [4.78, 5) is 16.9. The highest BCUT2D eigenvalue weighted by molar-refractivity contribution is 5.76. The number of urea groups is 1. The Kier molecular flexibility index (Phi) is 3.43. The van der Waals surface area contributed by atoms with Crippen LogP contribution >= 0.6 is 0 Å². The maximum atomic E-state index is 12.3. The lowest BCUT2D eigenvalue weighted by Gasteiger charge is -2.32.